The predicted molar refractivity (Wildman–Crippen MR) is 99.6 cm³/mol. The monoisotopic (exact) mass is 416 g/mol. The summed E-state index contributed by atoms with van der Waals surface area (Å²) >= 11 is 0. The van der Waals surface area contributed by atoms with Crippen LogP contribution in [0, 0.1) is 5.82 Å². The van der Waals surface area contributed by atoms with E-state index < -0.39 is 15.8 Å². The highest BCUT2D eigenvalue weighted by atomic mass is 32.2. The Labute approximate surface area is 166 Å². The maximum atomic E-state index is 13.3. The fourth-order valence-corrected chi connectivity index (χ4v) is 4.44. The SMILES string of the molecule is O=C(NCc1ccncc1)c1cn(C2CN(S(=O)(=O)c3cccc(F)c3)C2)nn1. The molecule has 1 aliphatic rings. The number of carbonyl (C=O) groups excluding carboxylic acids is 1. The molecule has 1 fully saturated rings. The summed E-state index contributed by atoms with van der Waals surface area (Å²) in [6, 6.07) is 8.23. The molecule has 1 aromatic carbocycles. The molecule has 2 aromatic heterocycles. The van der Waals surface area contributed by atoms with E-state index in [1.165, 1.54) is 33.4 Å². The Balaban J connectivity index is 1.36. The molecule has 1 amide bonds. The second-order valence-electron chi connectivity index (χ2n) is 6.56. The molecule has 0 spiro atoms. The minimum Gasteiger partial charge on any atom is -0.347 e. The van der Waals surface area contributed by atoms with Crippen molar-refractivity contribution in [2.45, 2.75) is 17.5 Å². The molecule has 1 aliphatic heterocycles. The molecule has 1 N–H and O–H groups in total. The van der Waals surface area contributed by atoms with Gasteiger partial charge in [0.1, 0.15) is 5.82 Å². The van der Waals surface area contributed by atoms with Crippen molar-refractivity contribution in [2.75, 3.05) is 13.1 Å². The summed E-state index contributed by atoms with van der Waals surface area (Å²) in [5, 5.41) is 10.5. The van der Waals surface area contributed by atoms with Gasteiger partial charge in [0, 0.05) is 32.0 Å². The lowest BCUT2D eigenvalue weighted by molar-refractivity contribution is 0.0945. The first kappa shape index (κ1) is 19.2. The zero-order valence-corrected chi connectivity index (χ0v) is 16.0. The smallest absolute Gasteiger partial charge is 0.273 e. The van der Waals surface area contributed by atoms with Crippen molar-refractivity contribution in [1.82, 2.24) is 29.6 Å². The Hall–Kier alpha value is -3.18. The molecule has 0 atom stereocenters. The van der Waals surface area contributed by atoms with Gasteiger partial charge in [-0.15, -0.1) is 5.10 Å². The van der Waals surface area contributed by atoms with Crippen molar-refractivity contribution in [3.05, 3.63) is 72.1 Å². The van der Waals surface area contributed by atoms with Crippen LogP contribution in [-0.2, 0) is 16.6 Å². The predicted octanol–water partition coefficient (Wildman–Crippen LogP) is 0.988. The fraction of sp³-hybridized carbons (Fsp3) is 0.222. The number of nitrogens with zero attached hydrogens (tertiary/aromatic N) is 5. The van der Waals surface area contributed by atoms with Crippen LogP contribution in [0.3, 0.4) is 0 Å². The van der Waals surface area contributed by atoms with E-state index in [0.717, 1.165) is 11.6 Å². The molecular weight excluding hydrogens is 399 g/mol. The summed E-state index contributed by atoms with van der Waals surface area (Å²) in [5.41, 5.74) is 1.04. The van der Waals surface area contributed by atoms with Gasteiger partial charge < -0.3 is 5.32 Å². The lowest BCUT2D eigenvalue weighted by atomic mass is 10.2. The van der Waals surface area contributed by atoms with E-state index in [-0.39, 0.29) is 35.6 Å². The van der Waals surface area contributed by atoms with Crippen molar-refractivity contribution in [3.8, 4) is 0 Å². The van der Waals surface area contributed by atoms with Crippen molar-refractivity contribution in [2.24, 2.45) is 0 Å². The van der Waals surface area contributed by atoms with Crippen molar-refractivity contribution in [1.29, 1.82) is 0 Å². The first-order chi connectivity index (χ1) is 13.9. The highest BCUT2D eigenvalue weighted by Crippen LogP contribution is 2.28. The third-order valence-corrected chi connectivity index (χ3v) is 6.41. The zero-order valence-electron chi connectivity index (χ0n) is 15.1. The van der Waals surface area contributed by atoms with E-state index >= 15 is 0 Å². The Morgan fingerprint density at radius 3 is 2.69 bits per heavy atom. The van der Waals surface area contributed by atoms with E-state index in [0.29, 0.717) is 6.54 Å². The molecule has 0 unspecified atom stereocenters. The third kappa shape index (κ3) is 4.00. The topological polar surface area (TPSA) is 110 Å². The van der Waals surface area contributed by atoms with Gasteiger partial charge in [-0.25, -0.2) is 17.5 Å². The molecule has 0 bridgehead atoms. The van der Waals surface area contributed by atoms with Crippen LogP contribution in [0.1, 0.15) is 22.1 Å². The number of pyridine rings is 1. The van der Waals surface area contributed by atoms with Gasteiger partial charge in [-0.2, -0.15) is 4.31 Å². The number of carbonyl (C=O) groups is 1. The summed E-state index contributed by atoms with van der Waals surface area (Å²) in [6.45, 7) is 0.665. The second kappa shape index (κ2) is 7.68. The highest BCUT2D eigenvalue weighted by Gasteiger charge is 2.38. The summed E-state index contributed by atoms with van der Waals surface area (Å²) in [4.78, 5) is 16.0. The van der Waals surface area contributed by atoms with E-state index in [1.807, 2.05) is 0 Å². The first-order valence-electron chi connectivity index (χ1n) is 8.78. The summed E-state index contributed by atoms with van der Waals surface area (Å²) < 4.78 is 41.1. The number of amides is 1. The van der Waals surface area contributed by atoms with Gasteiger partial charge in [0.25, 0.3) is 5.91 Å². The number of hydrogen-bond donors (Lipinski definition) is 1. The molecule has 9 nitrogen and oxygen atoms in total. The number of hydrogen-bond acceptors (Lipinski definition) is 6. The normalized spacial score (nSPS) is 15.1. The Bertz CT molecular complexity index is 1130. The van der Waals surface area contributed by atoms with E-state index in [9.17, 15) is 17.6 Å². The third-order valence-electron chi connectivity index (χ3n) is 4.58. The average molecular weight is 416 g/mol. The van der Waals surface area contributed by atoms with E-state index in [4.69, 9.17) is 0 Å². The lowest BCUT2D eigenvalue weighted by Crippen LogP contribution is -2.50. The maximum Gasteiger partial charge on any atom is 0.273 e. The van der Waals surface area contributed by atoms with Crippen LogP contribution in [0.25, 0.3) is 0 Å². The second-order valence-corrected chi connectivity index (χ2v) is 8.49. The van der Waals surface area contributed by atoms with E-state index in [1.54, 1.807) is 24.5 Å². The Morgan fingerprint density at radius 1 is 1.21 bits per heavy atom. The molecule has 3 aromatic rings. The summed E-state index contributed by atoms with van der Waals surface area (Å²) in [6.07, 6.45) is 4.76. The van der Waals surface area contributed by atoms with Crippen molar-refractivity contribution >= 4 is 15.9 Å². The first-order valence-corrected chi connectivity index (χ1v) is 10.2. The number of halogens is 1. The molecule has 150 valence electrons. The molecule has 4 rings (SSSR count). The maximum absolute atomic E-state index is 13.3. The molecule has 3 heterocycles. The number of sulfonamides is 1. The minimum absolute atomic E-state index is 0.0919. The number of benzene rings is 1. The Morgan fingerprint density at radius 2 is 1.97 bits per heavy atom. The zero-order chi connectivity index (χ0) is 20.4. The molecule has 11 heteroatoms. The van der Waals surface area contributed by atoms with Crippen LogP contribution >= 0.6 is 0 Å². The highest BCUT2D eigenvalue weighted by molar-refractivity contribution is 7.89. The van der Waals surface area contributed by atoms with Crippen LogP contribution in [-0.4, -0.2) is 51.7 Å². The van der Waals surface area contributed by atoms with Crippen LogP contribution < -0.4 is 5.32 Å². The summed E-state index contributed by atoms with van der Waals surface area (Å²) in [5.74, 6) is -0.988. The minimum atomic E-state index is -3.77. The van der Waals surface area contributed by atoms with Gasteiger partial charge in [0.2, 0.25) is 10.0 Å². The van der Waals surface area contributed by atoms with Crippen molar-refractivity contribution < 1.29 is 17.6 Å². The van der Waals surface area contributed by atoms with Gasteiger partial charge in [0.15, 0.2) is 5.69 Å². The van der Waals surface area contributed by atoms with E-state index in [2.05, 4.69) is 20.6 Å². The fourth-order valence-electron chi connectivity index (χ4n) is 2.89. The van der Waals surface area contributed by atoms with Gasteiger partial charge in [0.05, 0.1) is 17.1 Å². The molecule has 0 aliphatic carbocycles. The number of rotatable bonds is 6. The molecule has 29 heavy (non-hydrogen) atoms. The quantitative estimate of drug-likeness (QED) is 0.642. The Kier molecular flexibility index (Phi) is 5.07. The van der Waals surface area contributed by atoms with Crippen LogP contribution in [0.5, 0.6) is 0 Å². The largest absolute Gasteiger partial charge is 0.347 e. The number of aromatic nitrogens is 4. The van der Waals surface area contributed by atoms with Gasteiger partial charge >= 0.3 is 0 Å². The molecule has 0 saturated carbocycles. The lowest BCUT2D eigenvalue weighted by Gasteiger charge is -2.37. The van der Waals surface area contributed by atoms with Crippen molar-refractivity contribution in [3.63, 3.8) is 0 Å². The molecule has 0 radical (unpaired) electrons. The molecule has 1 saturated heterocycles. The molecular formula is C18H17FN6O3S. The van der Waals surface area contributed by atoms with Gasteiger partial charge in [-0.3, -0.25) is 9.78 Å². The van der Waals surface area contributed by atoms with Crippen LogP contribution in [0.2, 0.25) is 0 Å². The average Bonchev–Trinajstić information content (AvgIpc) is 3.15. The van der Waals surface area contributed by atoms with Crippen LogP contribution in [0.15, 0.2) is 59.9 Å². The van der Waals surface area contributed by atoms with Gasteiger partial charge in [-0.05, 0) is 35.9 Å². The number of nitrogens with one attached hydrogen (secondary N) is 1. The van der Waals surface area contributed by atoms with Crippen LogP contribution in [0.4, 0.5) is 4.39 Å². The summed E-state index contributed by atoms with van der Waals surface area (Å²) in [7, 11) is -3.77. The standard InChI is InChI=1S/C18H17FN6O3S/c19-14-2-1-3-16(8-14)29(27,28)24-10-15(11-24)25-12-17(22-23-25)18(26)21-9-13-4-6-20-7-5-13/h1-8,12,15H,9-11H2,(H,21,26). The van der Waals surface area contributed by atoms with Gasteiger partial charge in [-0.1, -0.05) is 11.3 Å².